The van der Waals surface area contributed by atoms with Gasteiger partial charge in [-0.25, -0.2) is 0 Å². The fraction of sp³-hybridized carbons (Fsp3) is 0.280. The van der Waals surface area contributed by atoms with Gasteiger partial charge in [-0.15, -0.1) is 0 Å². The molecule has 0 saturated heterocycles. The van der Waals surface area contributed by atoms with Crippen molar-refractivity contribution in [2.75, 3.05) is 12.3 Å². The van der Waals surface area contributed by atoms with Gasteiger partial charge >= 0.3 is 0 Å². The van der Waals surface area contributed by atoms with E-state index in [1.165, 1.54) is 17.4 Å². The van der Waals surface area contributed by atoms with E-state index in [0.717, 1.165) is 22.6 Å². The van der Waals surface area contributed by atoms with Crippen LogP contribution >= 0.6 is 11.8 Å². The Morgan fingerprint density at radius 3 is 2.58 bits per heavy atom. The fourth-order valence-corrected chi connectivity index (χ4v) is 4.57. The molecule has 1 N–H and O–H groups in total. The molecule has 0 spiro atoms. The Balaban J connectivity index is 1.36. The highest BCUT2D eigenvalue weighted by Crippen LogP contribution is 2.25. The van der Waals surface area contributed by atoms with E-state index >= 15 is 0 Å². The number of amides is 2. The van der Waals surface area contributed by atoms with Gasteiger partial charge < -0.3 is 14.6 Å². The Kier molecular flexibility index (Phi) is 6.77. The summed E-state index contributed by atoms with van der Waals surface area (Å²) in [5, 5.41) is 3.02. The number of hydrogen-bond donors (Lipinski definition) is 1. The Morgan fingerprint density at radius 2 is 1.84 bits per heavy atom. The third kappa shape index (κ3) is 5.20. The van der Waals surface area contributed by atoms with Crippen LogP contribution in [-0.4, -0.2) is 35.1 Å². The van der Waals surface area contributed by atoms with Crippen molar-refractivity contribution < 1.29 is 14.0 Å². The molecule has 0 aliphatic carbocycles. The predicted octanol–water partition coefficient (Wildman–Crippen LogP) is 4.20. The highest BCUT2D eigenvalue weighted by Gasteiger charge is 2.35. The molecule has 160 valence electrons. The largest absolute Gasteiger partial charge is 0.459 e. The van der Waals surface area contributed by atoms with Crippen molar-refractivity contribution in [3.05, 3.63) is 94.9 Å². The summed E-state index contributed by atoms with van der Waals surface area (Å²) in [7, 11) is 0. The summed E-state index contributed by atoms with van der Waals surface area (Å²) in [6.07, 6.45) is 1.98. The number of carbonyl (C=O) groups is 2. The number of rotatable bonds is 7. The molecule has 0 bridgehead atoms. The van der Waals surface area contributed by atoms with Gasteiger partial charge in [-0.1, -0.05) is 54.1 Å². The Labute approximate surface area is 186 Å². The molecule has 31 heavy (non-hydrogen) atoms. The second-order valence-electron chi connectivity index (χ2n) is 7.73. The van der Waals surface area contributed by atoms with E-state index in [0.29, 0.717) is 19.5 Å². The van der Waals surface area contributed by atoms with Crippen LogP contribution in [-0.2, 0) is 23.5 Å². The molecule has 5 nitrogen and oxygen atoms in total. The van der Waals surface area contributed by atoms with Gasteiger partial charge in [0.25, 0.3) is 5.91 Å². The van der Waals surface area contributed by atoms with E-state index < -0.39 is 6.04 Å². The second-order valence-corrected chi connectivity index (χ2v) is 8.83. The van der Waals surface area contributed by atoms with Crippen molar-refractivity contribution >= 4 is 23.6 Å². The zero-order valence-electron chi connectivity index (χ0n) is 17.5. The second kappa shape index (κ2) is 9.88. The van der Waals surface area contributed by atoms with Crippen LogP contribution in [0.25, 0.3) is 0 Å². The molecule has 4 rings (SSSR count). The fourth-order valence-electron chi connectivity index (χ4n) is 3.75. The molecular weight excluding hydrogens is 408 g/mol. The first kappa shape index (κ1) is 21.2. The molecule has 3 aromatic rings. The minimum Gasteiger partial charge on any atom is -0.459 e. The van der Waals surface area contributed by atoms with Crippen LogP contribution in [0.1, 0.15) is 32.8 Å². The average molecular weight is 435 g/mol. The van der Waals surface area contributed by atoms with E-state index in [9.17, 15) is 9.59 Å². The lowest BCUT2D eigenvalue weighted by Crippen LogP contribution is -2.52. The van der Waals surface area contributed by atoms with Crippen molar-refractivity contribution in [1.82, 2.24) is 10.2 Å². The summed E-state index contributed by atoms with van der Waals surface area (Å²) in [4.78, 5) is 27.6. The number of benzene rings is 2. The van der Waals surface area contributed by atoms with Gasteiger partial charge in [0.15, 0.2) is 5.76 Å². The van der Waals surface area contributed by atoms with E-state index in [2.05, 4.69) is 36.5 Å². The van der Waals surface area contributed by atoms with Gasteiger partial charge in [0.1, 0.15) is 6.04 Å². The Hall–Kier alpha value is -2.99. The number of furan rings is 1. The molecule has 1 aliphatic rings. The quantitative estimate of drug-likeness (QED) is 0.566. The summed E-state index contributed by atoms with van der Waals surface area (Å²) in [6.45, 7) is 3.04. The van der Waals surface area contributed by atoms with Crippen LogP contribution in [0.3, 0.4) is 0 Å². The molecule has 2 heterocycles. The summed E-state index contributed by atoms with van der Waals surface area (Å²) in [6, 6.07) is 19.2. The molecule has 2 amide bonds. The van der Waals surface area contributed by atoms with Crippen molar-refractivity contribution in [2.24, 2.45) is 0 Å². The molecular formula is C25H26N2O3S. The van der Waals surface area contributed by atoms with E-state index in [-0.39, 0.29) is 17.6 Å². The number of hydrogen-bond acceptors (Lipinski definition) is 4. The summed E-state index contributed by atoms with van der Waals surface area (Å²) in [5.74, 6) is 1.61. The van der Waals surface area contributed by atoms with E-state index in [1.54, 1.807) is 28.8 Å². The van der Waals surface area contributed by atoms with Gasteiger partial charge in [-0.3, -0.25) is 9.59 Å². The number of aryl methyl sites for hydroxylation is 1. The molecule has 0 saturated carbocycles. The summed E-state index contributed by atoms with van der Waals surface area (Å²) >= 11 is 1.78. The van der Waals surface area contributed by atoms with Crippen LogP contribution in [0, 0.1) is 6.92 Å². The zero-order chi connectivity index (χ0) is 21.6. The van der Waals surface area contributed by atoms with Crippen molar-refractivity contribution in [1.29, 1.82) is 0 Å². The van der Waals surface area contributed by atoms with Crippen LogP contribution < -0.4 is 5.32 Å². The van der Waals surface area contributed by atoms with Crippen LogP contribution in [0.15, 0.2) is 71.3 Å². The summed E-state index contributed by atoms with van der Waals surface area (Å²) < 4.78 is 5.30. The summed E-state index contributed by atoms with van der Waals surface area (Å²) in [5.41, 5.74) is 4.71. The molecule has 6 heteroatoms. The number of fused-ring (bicyclic) bond motifs is 1. The lowest BCUT2D eigenvalue weighted by atomic mass is 9.93. The SMILES string of the molecule is Cc1ccc(CSCCNC(=O)C2Cc3ccccc3CN2C(=O)c2ccco2)cc1. The minimum atomic E-state index is -0.547. The maximum atomic E-state index is 13.0. The van der Waals surface area contributed by atoms with Crippen molar-refractivity contribution in [3.63, 3.8) is 0 Å². The van der Waals surface area contributed by atoms with Gasteiger partial charge in [0.2, 0.25) is 5.91 Å². The molecule has 1 aromatic heterocycles. The predicted molar refractivity (Wildman–Crippen MR) is 123 cm³/mol. The van der Waals surface area contributed by atoms with Gasteiger partial charge in [-0.05, 0) is 35.7 Å². The monoisotopic (exact) mass is 434 g/mol. The first-order valence-corrected chi connectivity index (χ1v) is 11.6. The molecule has 1 atom stereocenters. The smallest absolute Gasteiger partial charge is 0.290 e. The normalized spacial score (nSPS) is 15.4. The van der Waals surface area contributed by atoms with Crippen molar-refractivity contribution in [2.45, 2.75) is 31.7 Å². The Morgan fingerprint density at radius 1 is 1.06 bits per heavy atom. The molecule has 0 fully saturated rings. The maximum absolute atomic E-state index is 13.0. The Bertz CT molecular complexity index is 1030. The van der Waals surface area contributed by atoms with Gasteiger partial charge in [0.05, 0.1) is 6.26 Å². The van der Waals surface area contributed by atoms with Gasteiger partial charge in [-0.2, -0.15) is 11.8 Å². The lowest BCUT2D eigenvalue weighted by molar-refractivity contribution is -0.126. The first-order chi connectivity index (χ1) is 15.1. The molecule has 2 aromatic carbocycles. The number of thioether (sulfide) groups is 1. The highest BCUT2D eigenvalue weighted by atomic mass is 32.2. The number of nitrogens with zero attached hydrogens (tertiary/aromatic N) is 1. The average Bonchev–Trinajstić information content (AvgIpc) is 3.33. The topological polar surface area (TPSA) is 62.6 Å². The van der Waals surface area contributed by atoms with Crippen LogP contribution in [0.2, 0.25) is 0 Å². The molecule has 1 unspecified atom stereocenters. The van der Waals surface area contributed by atoms with E-state index in [1.807, 2.05) is 24.3 Å². The minimum absolute atomic E-state index is 0.120. The van der Waals surface area contributed by atoms with Crippen molar-refractivity contribution in [3.8, 4) is 0 Å². The van der Waals surface area contributed by atoms with Gasteiger partial charge in [0, 0.05) is 31.0 Å². The third-order valence-corrected chi connectivity index (χ3v) is 6.51. The number of nitrogens with one attached hydrogen (secondary N) is 1. The molecule has 1 aliphatic heterocycles. The maximum Gasteiger partial charge on any atom is 0.290 e. The first-order valence-electron chi connectivity index (χ1n) is 10.4. The highest BCUT2D eigenvalue weighted by molar-refractivity contribution is 7.98. The lowest BCUT2D eigenvalue weighted by Gasteiger charge is -2.35. The van der Waals surface area contributed by atoms with E-state index in [4.69, 9.17) is 4.42 Å². The number of carbonyl (C=O) groups excluding carboxylic acids is 2. The van der Waals surface area contributed by atoms with Crippen LogP contribution in [0.5, 0.6) is 0 Å². The standard InChI is InChI=1S/C25H26N2O3S/c1-18-8-10-19(11-9-18)17-31-14-12-26-24(28)22-15-20-5-2-3-6-21(20)16-27(22)25(29)23-7-4-13-30-23/h2-11,13,22H,12,14-17H2,1H3,(H,26,28). The third-order valence-electron chi connectivity index (χ3n) is 5.48. The van der Waals surface area contributed by atoms with Crippen LogP contribution in [0.4, 0.5) is 0 Å². The zero-order valence-corrected chi connectivity index (χ0v) is 18.4. The molecule has 0 radical (unpaired) electrons.